The van der Waals surface area contributed by atoms with Gasteiger partial charge in [0.15, 0.2) is 1.41 Å². The molecule has 1 unspecified atom stereocenters. The van der Waals surface area contributed by atoms with Gasteiger partial charge in [-0.2, -0.15) is 0 Å². The number of aliphatic hydroxyl groups is 1. The van der Waals surface area contributed by atoms with Gasteiger partial charge in [-0.15, -0.1) is 0 Å². The molecule has 222 valence electrons. The molecule has 11 nitrogen and oxygen atoms in total. The summed E-state index contributed by atoms with van der Waals surface area (Å²) in [5, 5.41) is 17.3. The number of hydrogen-bond acceptors (Lipinski definition) is 7. The SMILES string of the molecule is [2H]NC(=O)OCC1c2cc(NC(=O)CCC)ccc2-c2ccc(NC(=O)CCCC(=O)NCCOCCCCO)cc21. The number of fused-ring (bicyclic) bond motifs is 3. The average molecular weight is 570 g/mol. The van der Waals surface area contributed by atoms with Crippen molar-refractivity contribution < 1.29 is 35.2 Å². The fourth-order valence-corrected chi connectivity index (χ4v) is 4.71. The normalized spacial score (nSPS) is 13.4. The largest absolute Gasteiger partial charge is 0.449 e. The van der Waals surface area contributed by atoms with E-state index in [1.165, 1.54) is 0 Å². The maximum absolute atomic E-state index is 12.6. The lowest BCUT2D eigenvalue weighted by atomic mass is 9.97. The molecule has 2 aromatic rings. The van der Waals surface area contributed by atoms with Gasteiger partial charge < -0.3 is 36.3 Å². The van der Waals surface area contributed by atoms with Gasteiger partial charge in [-0.05, 0) is 72.2 Å². The Balaban J connectivity index is 1.58. The summed E-state index contributed by atoms with van der Waals surface area (Å²) in [6.07, 6.45) is 2.48. The summed E-state index contributed by atoms with van der Waals surface area (Å²) in [4.78, 5) is 48.5. The molecule has 0 saturated carbocycles. The molecule has 0 spiro atoms. The van der Waals surface area contributed by atoms with Gasteiger partial charge in [0.1, 0.15) is 6.61 Å². The summed E-state index contributed by atoms with van der Waals surface area (Å²) in [5.74, 6) is -0.833. The molecule has 4 amide bonds. The van der Waals surface area contributed by atoms with Crippen LogP contribution in [-0.4, -0.2) is 61.9 Å². The number of benzene rings is 2. The second-order valence-corrected chi connectivity index (χ2v) is 9.85. The molecule has 41 heavy (non-hydrogen) atoms. The molecule has 1 atom stereocenters. The van der Waals surface area contributed by atoms with E-state index in [0.717, 1.165) is 35.1 Å². The van der Waals surface area contributed by atoms with E-state index in [4.69, 9.17) is 16.0 Å². The number of aliphatic hydroxyl groups excluding tert-OH is 1. The first-order chi connectivity index (χ1) is 20.4. The van der Waals surface area contributed by atoms with Gasteiger partial charge in [0.2, 0.25) is 17.7 Å². The van der Waals surface area contributed by atoms with Crippen LogP contribution in [0.5, 0.6) is 0 Å². The number of carbonyl (C=O) groups is 4. The number of rotatable bonds is 17. The smallest absolute Gasteiger partial charge is 0.404 e. The quantitative estimate of drug-likeness (QED) is 0.181. The molecule has 0 saturated heterocycles. The highest BCUT2D eigenvalue weighted by Gasteiger charge is 2.30. The van der Waals surface area contributed by atoms with Gasteiger partial charge in [-0.3, -0.25) is 14.4 Å². The van der Waals surface area contributed by atoms with Crippen molar-refractivity contribution in [3.05, 3.63) is 47.5 Å². The Kier molecular flexibility index (Phi) is 12.0. The van der Waals surface area contributed by atoms with Crippen molar-refractivity contribution in [3.8, 4) is 11.1 Å². The van der Waals surface area contributed by atoms with Crippen LogP contribution in [0, 0.1) is 0 Å². The molecule has 0 fully saturated rings. The number of nitrogens with one attached hydrogen (secondary N) is 3. The first kappa shape index (κ1) is 30.0. The zero-order valence-corrected chi connectivity index (χ0v) is 23.4. The lowest BCUT2D eigenvalue weighted by molar-refractivity contribution is -0.121. The Morgan fingerprint density at radius 1 is 0.878 bits per heavy atom. The van der Waals surface area contributed by atoms with E-state index < -0.39 is 6.09 Å². The van der Waals surface area contributed by atoms with Crippen LogP contribution in [0.15, 0.2) is 36.4 Å². The van der Waals surface area contributed by atoms with Crippen molar-refractivity contribution in [2.45, 2.75) is 57.8 Å². The van der Waals surface area contributed by atoms with Crippen molar-refractivity contribution in [3.63, 3.8) is 0 Å². The molecule has 11 heteroatoms. The van der Waals surface area contributed by atoms with Crippen molar-refractivity contribution >= 4 is 35.2 Å². The fourth-order valence-electron chi connectivity index (χ4n) is 4.71. The van der Waals surface area contributed by atoms with Gasteiger partial charge in [0.05, 0.1) is 6.61 Å². The molecule has 3 rings (SSSR count). The highest BCUT2D eigenvalue weighted by molar-refractivity contribution is 5.94. The molecular weight excluding hydrogens is 528 g/mol. The predicted molar refractivity (Wildman–Crippen MR) is 155 cm³/mol. The zero-order valence-electron chi connectivity index (χ0n) is 24.4. The van der Waals surface area contributed by atoms with Crippen LogP contribution in [0.25, 0.3) is 11.1 Å². The number of nitrogens with two attached hydrogens (primary N) is 1. The van der Waals surface area contributed by atoms with Crippen molar-refractivity contribution in [2.24, 2.45) is 5.73 Å². The Morgan fingerprint density at radius 3 is 2.12 bits per heavy atom. The van der Waals surface area contributed by atoms with Gasteiger partial charge in [-0.25, -0.2) is 4.79 Å². The number of unbranched alkanes of at least 4 members (excludes halogenated alkanes) is 1. The Labute approximate surface area is 241 Å². The summed E-state index contributed by atoms with van der Waals surface area (Å²) >= 11 is 0. The molecule has 0 heterocycles. The number of primary amides is 1. The fraction of sp³-hybridized carbons (Fsp3) is 0.467. The summed E-state index contributed by atoms with van der Waals surface area (Å²) in [7, 11) is 0. The van der Waals surface area contributed by atoms with E-state index in [2.05, 4.69) is 16.0 Å². The first-order valence-electron chi connectivity index (χ1n) is 14.5. The summed E-state index contributed by atoms with van der Waals surface area (Å²) in [6, 6.07) is 11.1. The van der Waals surface area contributed by atoms with Crippen LogP contribution < -0.4 is 21.7 Å². The molecule has 1 aliphatic carbocycles. The zero-order chi connectivity index (χ0) is 30.3. The molecule has 1 aliphatic rings. The van der Waals surface area contributed by atoms with Gasteiger partial charge in [0.25, 0.3) is 0 Å². The third kappa shape index (κ3) is 9.87. The lowest BCUT2D eigenvalue weighted by Crippen LogP contribution is -2.27. The van der Waals surface area contributed by atoms with Crippen LogP contribution in [0.1, 0.15) is 68.9 Å². The highest BCUT2D eigenvalue weighted by atomic mass is 16.5. The Bertz CT molecular complexity index is 1240. The van der Waals surface area contributed by atoms with E-state index in [-0.39, 0.29) is 49.7 Å². The summed E-state index contributed by atoms with van der Waals surface area (Å²) in [5.41, 5.74) is 6.47. The molecule has 0 aliphatic heterocycles. The Morgan fingerprint density at radius 2 is 1.51 bits per heavy atom. The lowest BCUT2D eigenvalue weighted by Gasteiger charge is -2.15. The molecule has 6 N–H and O–H groups in total. The van der Waals surface area contributed by atoms with Gasteiger partial charge in [-0.1, -0.05) is 19.1 Å². The van der Waals surface area contributed by atoms with Crippen molar-refractivity contribution in [1.82, 2.24) is 5.32 Å². The summed E-state index contributed by atoms with van der Waals surface area (Å²) in [6.45, 7) is 3.37. The number of carbonyl (C=O) groups excluding carboxylic acids is 4. The maximum atomic E-state index is 12.6. The van der Waals surface area contributed by atoms with E-state index in [9.17, 15) is 19.2 Å². The predicted octanol–water partition coefficient (Wildman–Crippen LogP) is 3.65. The Hall–Kier alpha value is -3.96. The minimum Gasteiger partial charge on any atom is -0.449 e. The van der Waals surface area contributed by atoms with Gasteiger partial charge >= 0.3 is 6.09 Å². The molecule has 0 radical (unpaired) electrons. The van der Waals surface area contributed by atoms with E-state index >= 15 is 0 Å². The van der Waals surface area contributed by atoms with Crippen LogP contribution >= 0.6 is 0 Å². The van der Waals surface area contributed by atoms with Crippen LogP contribution in [-0.2, 0) is 23.9 Å². The van der Waals surface area contributed by atoms with E-state index in [1.807, 2.05) is 37.3 Å². The van der Waals surface area contributed by atoms with E-state index in [1.54, 1.807) is 11.8 Å². The number of hydrogen-bond donors (Lipinski definition) is 5. The monoisotopic (exact) mass is 569 g/mol. The average Bonchev–Trinajstić information content (AvgIpc) is 3.27. The third-order valence-electron chi connectivity index (χ3n) is 6.64. The topological polar surface area (TPSA) is 169 Å². The van der Waals surface area contributed by atoms with Gasteiger partial charge in [0, 0.05) is 56.3 Å². The standard InChI is InChI=1S/C30H40N4O7/c1-2-6-28(37)33-20-9-11-22-23-12-10-21(18-25(23)26(24(22)17-20)19-41-30(31)39)34-29(38)8-5-7-27(36)32-13-16-40-15-4-3-14-35/h9-12,17-18,26,35H,2-8,13-16,19H2,1H3,(H2,31,39)(H,32,36)(H,33,37)(H,34,38)/i/hD. The number of anilines is 2. The van der Waals surface area contributed by atoms with E-state index in [0.29, 0.717) is 50.4 Å². The maximum Gasteiger partial charge on any atom is 0.404 e. The molecule has 2 aromatic carbocycles. The first-order valence-corrected chi connectivity index (χ1v) is 14.0. The minimum absolute atomic E-state index is 0.0305. The van der Waals surface area contributed by atoms with Crippen molar-refractivity contribution in [1.29, 1.82) is 0 Å². The van der Waals surface area contributed by atoms with Crippen LogP contribution in [0.4, 0.5) is 16.2 Å². The van der Waals surface area contributed by atoms with Crippen LogP contribution in [0.2, 0.25) is 1.41 Å². The minimum atomic E-state index is -0.878. The third-order valence-corrected chi connectivity index (χ3v) is 6.64. The van der Waals surface area contributed by atoms with Crippen molar-refractivity contribution in [2.75, 3.05) is 43.6 Å². The van der Waals surface area contributed by atoms with Crippen LogP contribution in [0.3, 0.4) is 0 Å². The summed E-state index contributed by atoms with van der Waals surface area (Å²) < 4.78 is 17.6. The molecular formula is C30H40N4O7. The molecule has 0 bridgehead atoms. The second kappa shape index (κ2) is 16.3. The highest BCUT2D eigenvalue weighted by Crippen LogP contribution is 2.46. The number of amides is 4. The second-order valence-electron chi connectivity index (χ2n) is 9.85. The number of ether oxygens (including phenoxy) is 2. The molecule has 0 aromatic heterocycles.